The number of ether oxygens (including phenoxy) is 1. The summed E-state index contributed by atoms with van der Waals surface area (Å²) in [6.45, 7) is 6.67. The summed E-state index contributed by atoms with van der Waals surface area (Å²) in [5.74, 6) is 7.01. The van der Waals surface area contributed by atoms with Crippen molar-refractivity contribution < 1.29 is 9.13 Å². The Kier molecular flexibility index (Phi) is 6.01. The average molecular weight is 373 g/mol. The number of rotatable bonds is 5. The van der Waals surface area contributed by atoms with Crippen molar-refractivity contribution >= 4 is 11.4 Å². The van der Waals surface area contributed by atoms with Crippen LogP contribution in [0.4, 0.5) is 15.8 Å². The Balaban J connectivity index is 1.93. The first-order valence-corrected chi connectivity index (χ1v) is 9.26. The van der Waals surface area contributed by atoms with E-state index in [1.54, 1.807) is 12.1 Å². The first kappa shape index (κ1) is 19.5. The molecule has 0 fully saturated rings. The van der Waals surface area contributed by atoms with Crippen LogP contribution in [0, 0.1) is 23.1 Å². The number of hydrogen-bond acceptors (Lipinski definition) is 2. The lowest BCUT2D eigenvalue weighted by molar-refractivity contribution is 0.305. The van der Waals surface area contributed by atoms with E-state index in [4.69, 9.17) is 4.74 Å². The fraction of sp³-hybridized carbons (Fsp3) is 0.200. The Labute approximate surface area is 166 Å². The molecule has 3 aromatic carbocycles. The quantitative estimate of drug-likeness (QED) is 0.512. The Bertz CT molecular complexity index is 977. The molecule has 3 aromatic rings. The van der Waals surface area contributed by atoms with Crippen molar-refractivity contribution in [3.63, 3.8) is 0 Å². The van der Waals surface area contributed by atoms with E-state index in [0.717, 1.165) is 22.5 Å². The maximum Gasteiger partial charge on any atom is 0.137 e. The topological polar surface area (TPSA) is 21.3 Å². The monoisotopic (exact) mass is 373 g/mol. The van der Waals surface area contributed by atoms with Crippen LogP contribution in [0.3, 0.4) is 0 Å². The summed E-state index contributed by atoms with van der Waals surface area (Å²) in [5, 5.41) is 3.33. The van der Waals surface area contributed by atoms with Crippen LogP contribution < -0.4 is 10.1 Å². The van der Waals surface area contributed by atoms with E-state index in [-0.39, 0.29) is 11.2 Å². The van der Waals surface area contributed by atoms with Gasteiger partial charge in [-0.3, -0.25) is 0 Å². The molecule has 0 bridgehead atoms. The van der Waals surface area contributed by atoms with E-state index in [9.17, 15) is 4.39 Å². The molecular weight excluding hydrogens is 349 g/mol. The van der Waals surface area contributed by atoms with Crippen LogP contribution in [-0.4, -0.2) is 0 Å². The second-order valence-electron chi connectivity index (χ2n) is 7.58. The highest BCUT2D eigenvalue weighted by molar-refractivity contribution is 5.71. The van der Waals surface area contributed by atoms with Gasteiger partial charge in [-0.15, -0.1) is 0 Å². The summed E-state index contributed by atoms with van der Waals surface area (Å²) < 4.78 is 19.3. The molecule has 0 aliphatic rings. The third-order valence-electron chi connectivity index (χ3n) is 3.95. The van der Waals surface area contributed by atoms with E-state index in [1.807, 2.05) is 48.5 Å². The maximum absolute atomic E-state index is 13.2. The van der Waals surface area contributed by atoms with E-state index < -0.39 is 0 Å². The molecule has 0 aromatic heterocycles. The van der Waals surface area contributed by atoms with Crippen molar-refractivity contribution in [2.45, 2.75) is 27.4 Å². The third-order valence-corrected chi connectivity index (χ3v) is 3.95. The zero-order valence-corrected chi connectivity index (χ0v) is 16.4. The number of nitrogens with one attached hydrogen (secondary N) is 1. The zero-order chi connectivity index (χ0) is 20.0. The molecule has 0 atom stereocenters. The molecule has 0 saturated carbocycles. The number of anilines is 2. The van der Waals surface area contributed by atoms with Crippen molar-refractivity contribution in [1.82, 2.24) is 0 Å². The van der Waals surface area contributed by atoms with Crippen LogP contribution >= 0.6 is 0 Å². The highest BCUT2D eigenvalue weighted by Gasteiger charge is 2.11. The van der Waals surface area contributed by atoms with E-state index >= 15 is 0 Å². The molecule has 2 nitrogen and oxygen atoms in total. The molecule has 3 heteroatoms. The van der Waals surface area contributed by atoms with Crippen molar-refractivity contribution in [1.29, 1.82) is 0 Å². The summed E-state index contributed by atoms with van der Waals surface area (Å²) in [6, 6.07) is 22.1. The lowest BCUT2D eigenvalue weighted by atomic mass is 9.97. The number of halogens is 1. The molecule has 142 valence electrons. The van der Waals surface area contributed by atoms with Gasteiger partial charge in [-0.05, 0) is 62.7 Å². The lowest BCUT2D eigenvalue weighted by Gasteiger charge is -2.15. The third kappa shape index (κ3) is 5.62. The van der Waals surface area contributed by atoms with Crippen LogP contribution in [0.15, 0.2) is 72.8 Å². The fourth-order valence-electron chi connectivity index (χ4n) is 2.56. The van der Waals surface area contributed by atoms with Gasteiger partial charge in [0, 0.05) is 11.1 Å². The second-order valence-corrected chi connectivity index (χ2v) is 7.58. The lowest BCUT2D eigenvalue weighted by Crippen LogP contribution is -2.02. The van der Waals surface area contributed by atoms with Gasteiger partial charge in [-0.1, -0.05) is 48.2 Å². The number of hydrogen-bond donors (Lipinski definition) is 1. The summed E-state index contributed by atoms with van der Waals surface area (Å²) in [4.78, 5) is 0. The molecule has 0 heterocycles. The molecule has 0 radical (unpaired) electrons. The molecular formula is C25H24FNO. The average Bonchev–Trinajstić information content (AvgIpc) is 2.67. The van der Waals surface area contributed by atoms with Gasteiger partial charge >= 0.3 is 0 Å². The van der Waals surface area contributed by atoms with Gasteiger partial charge in [0.1, 0.15) is 18.2 Å². The minimum absolute atomic E-state index is 0.139. The predicted molar refractivity (Wildman–Crippen MR) is 113 cm³/mol. The Morgan fingerprint density at radius 1 is 0.893 bits per heavy atom. The minimum atomic E-state index is -0.266. The standard InChI is InChI=1S/C25H24FNO/c1-25(2,3)17-16-22-23(27-21-14-12-20(26)13-15-21)10-7-11-24(22)28-18-19-8-5-4-6-9-19/h4-15,27H,18H2,1-3H3. The Hall–Kier alpha value is -3.25. The SMILES string of the molecule is CC(C)(C)C#Cc1c(Nc2ccc(F)cc2)cccc1OCc1ccccc1. The van der Waals surface area contributed by atoms with Crippen molar-refractivity contribution in [3.05, 3.63) is 89.7 Å². The minimum Gasteiger partial charge on any atom is -0.488 e. The van der Waals surface area contributed by atoms with Crippen molar-refractivity contribution in [2.75, 3.05) is 5.32 Å². The van der Waals surface area contributed by atoms with Crippen LogP contribution in [0.25, 0.3) is 0 Å². The fourth-order valence-corrected chi connectivity index (χ4v) is 2.56. The van der Waals surface area contributed by atoms with Gasteiger partial charge in [0.05, 0.1) is 11.3 Å². The molecule has 0 amide bonds. The van der Waals surface area contributed by atoms with Gasteiger partial charge in [-0.25, -0.2) is 4.39 Å². The van der Waals surface area contributed by atoms with Gasteiger partial charge in [0.15, 0.2) is 0 Å². The zero-order valence-electron chi connectivity index (χ0n) is 16.4. The van der Waals surface area contributed by atoms with E-state index in [0.29, 0.717) is 12.4 Å². The highest BCUT2D eigenvalue weighted by atomic mass is 19.1. The molecule has 0 spiro atoms. The Morgan fingerprint density at radius 2 is 1.61 bits per heavy atom. The van der Waals surface area contributed by atoms with Gasteiger partial charge in [0.2, 0.25) is 0 Å². The first-order chi connectivity index (χ1) is 13.4. The predicted octanol–water partition coefficient (Wildman–Crippen LogP) is 6.55. The van der Waals surface area contributed by atoms with Gasteiger partial charge in [0.25, 0.3) is 0 Å². The van der Waals surface area contributed by atoms with Crippen LogP contribution in [-0.2, 0) is 6.61 Å². The Morgan fingerprint density at radius 3 is 2.29 bits per heavy atom. The highest BCUT2D eigenvalue weighted by Crippen LogP contribution is 2.29. The summed E-state index contributed by atoms with van der Waals surface area (Å²) >= 11 is 0. The molecule has 28 heavy (non-hydrogen) atoms. The summed E-state index contributed by atoms with van der Waals surface area (Å²) in [7, 11) is 0. The maximum atomic E-state index is 13.2. The largest absolute Gasteiger partial charge is 0.488 e. The van der Waals surface area contributed by atoms with Crippen molar-refractivity contribution in [3.8, 4) is 17.6 Å². The molecule has 0 aliphatic heterocycles. The summed E-state index contributed by atoms with van der Waals surface area (Å²) in [6.07, 6.45) is 0. The molecule has 1 N–H and O–H groups in total. The van der Waals surface area contributed by atoms with Crippen LogP contribution in [0.5, 0.6) is 5.75 Å². The molecule has 3 rings (SSSR count). The molecule has 0 aliphatic carbocycles. The number of benzene rings is 3. The van der Waals surface area contributed by atoms with Crippen molar-refractivity contribution in [2.24, 2.45) is 5.41 Å². The van der Waals surface area contributed by atoms with Crippen LogP contribution in [0.1, 0.15) is 31.9 Å². The smallest absolute Gasteiger partial charge is 0.137 e. The van der Waals surface area contributed by atoms with E-state index in [2.05, 4.69) is 37.9 Å². The first-order valence-electron chi connectivity index (χ1n) is 9.26. The van der Waals surface area contributed by atoms with Gasteiger partial charge < -0.3 is 10.1 Å². The normalized spacial score (nSPS) is 10.7. The van der Waals surface area contributed by atoms with Crippen LogP contribution in [0.2, 0.25) is 0 Å². The van der Waals surface area contributed by atoms with Gasteiger partial charge in [-0.2, -0.15) is 0 Å². The second kappa shape index (κ2) is 8.63. The molecule has 0 saturated heterocycles. The van der Waals surface area contributed by atoms with E-state index in [1.165, 1.54) is 12.1 Å². The molecule has 0 unspecified atom stereocenters. The summed E-state index contributed by atoms with van der Waals surface area (Å²) in [5.41, 5.74) is 3.36.